The number of Topliss-reactive ketones (excluding diaryl/α,β-unsaturated/α-hetero) is 1. The molecule has 0 aliphatic heterocycles. The number of aliphatic hydroxyl groups is 1. The van der Waals surface area contributed by atoms with Crippen LogP contribution in [0.4, 0.5) is 10.5 Å². The minimum atomic E-state index is -0.785. The van der Waals surface area contributed by atoms with E-state index < -0.39 is 5.60 Å². The highest BCUT2D eigenvalue weighted by atomic mass is 16.3. The second-order valence-corrected chi connectivity index (χ2v) is 6.08. The fourth-order valence-corrected chi connectivity index (χ4v) is 2.77. The molecule has 0 aromatic heterocycles. The number of ketones is 1. The smallest absolute Gasteiger partial charge is 0.319 e. The van der Waals surface area contributed by atoms with Gasteiger partial charge in [-0.05, 0) is 44.0 Å². The number of nitrogens with one attached hydrogen (secondary N) is 2. The maximum absolute atomic E-state index is 11.9. The largest absolute Gasteiger partial charge is 0.388 e. The summed E-state index contributed by atoms with van der Waals surface area (Å²) >= 11 is 0. The molecule has 0 atom stereocenters. The average Bonchev–Trinajstić information content (AvgIpc) is 2.71. The summed E-state index contributed by atoms with van der Waals surface area (Å²) in [6.45, 7) is 1.77. The Balaban J connectivity index is 1.83. The SMILES string of the molecule is CC(=O)c1ccc(NC(=O)NCC2(O)CCCCCC2)cc1. The van der Waals surface area contributed by atoms with E-state index in [4.69, 9.17) is 0 Å². The molecule has 0 saturated heterocycles. The van der Waals surface area contributed by atoms with Gasteiger partial charge in [0.05, 0.1) is 5.60 Å². The molecule has 120 valence electrons. The summed E-state index contributed by atoms with van der Waals surface area (Å²) in [6.07, 6.45) is 5.79. The normalized spacial score (nSPS) is 17.4. The number of anilines is 1. The monoisotopic (exact) mass is 304 g/mol. The summed E-state index contributed by atoms with van der Waals surface area (Å²) in [5.41, 5.74) is 0.445. The molecule has 3 N–H and O–H groups in total. The van der Waals surface area contributed by atoms with Crippen molar-refractivity contribution in [2.24, 2.45) is 0 Å². The first-order valence-corrected chi connectivity index (χ1v) is 7.87. The number of urea groups is 1. The van der Waals surface area contributed by atoms with Crippen LogP contribution in [0.15, 0.2) is 24.3 Å². The van der Waals surface area contributed by atoms with E-state index in [1.54, 1.807) is 24.3 Å². The second kappa shape index (κ2) is 7.40. The van der Waals surface area contributed by atoms with Gasteiger partial charge in [-0.25, -0.2) is 4.79 Å². The van der Waals surface area contributed by atoms with Crippen molar-refractivity contribution in [3.63, 3.8) is 0 Å². The van der Waals surface area contributed by atoms with Crippen molar-refractivity contribution in [2.45, 2.75) is 51.0 Å². The van der Waals surface area contributed by atoms with Crippen LogP contribution in [0, 0.1) is 0 Å². The Morgan fingerprint density at radius 3 is 2.23 bits per heavy atom. The van der Waals surface area contributed by atoms with Crippen molar-refractivity contribution >= 4 is 17.5 Å². The Kier molecular flexibility index (Phi) is 5.55. The summed E-state index contributed by atoms with van der Waals surface area (Å²) in [6, 6.07) is 6.40. The number of carbonyl (C=O) groups is 2. The van der Waals surface area contributed by atoms with Gasteiger partial charge < -0.3 is 15.7 Å². The molecule has 5 nitrogen and oxygen atoms in total. The number of benzene rings is 1. The summed E-state index contributed by atoms with van der Waals surface area (Å²) < 4.78 is 0. The zero-order chi connectivity index (χ0) is 16.0. The van der Waals surface area contributed by atoms with E-state index in [0.29, 0.717) is 11.3 Å². The van der Waals surface area contributed by atoms with Crippen LogP contribution in [-0.2, 0) is 0 Å². The highest BCUT2D eigenvalue weighted by Crippen LogP contribution is 2.26. The Hall–Kier alpha value is -1.88. The summed E-state index contributed by atoms with van der Waals surface area (Å²) in [5, 5.41) is 15.9. The zero-order valence-electron chi connectivity index (χ0n) is 13.0. The minimum Gasteiger partial charge on any atom is -0.388 e. The molecule has 2 amide bonds. The number of hydrogen-bond donors (Lipinski definition) is 3. The van der Waals surface area contributed by atoms with Crippen molar-refractivity contribution < 1.29 is 14.7 Å². The third kappa shape index (κ3) is 4.84. The molecule has 1 aromatic rings. The maximum atomic E-state index is 11.9. The molecule has 1 aliphatic rings. The molecule has 0 spiro atoms. The molecular formula is C17H24N2O3. The third-order valence-corrected chi connectivity index (χ3v) is 4.16. The second-order valence-electron chi connectivity index (χ2n) is 6.08. The van der Waals surface area contributed by atoms with Crippen LogP contribution in [0.25, 0.3) is 0 Å². The third-order valence-electron chi connectivity index (χ3n) is 4.16. The first-order valence-electron chi connectivity index (χ1n) is 7.87. The van der Waals surface area contributed by atoms with Gasteiger partial charge in [0, 0.05) is 17.8 Å². The molecular weight excluding hydrogens is 280 g/mol. The minimum absolute atomic E-state index is 0.00779. The van der Waals surface area contributed by atoms with Crippen LogP contribution in [0.3, 0.4) is 0 Å². The van der Waals surface area contributed by atoms with Gasteiger partial charge >= 0.3 is 6.03 Å². The van der Waals surface area contributed by atoms with E-state index in [2.05, 4.69) is 10.6 Å². The van der Waals surface area contributed by atoms with E-state index >= 15 is 0 Å². The molecule has 1 fully saturated rings. The van der Waals surface area contributed by atoms with Gasteiger partial charge in [-0.2, -0.15) is 0 Å². The molecule has 5 heteroatoms. The molecule has 2 rings (SSSR count). The van der Waals surface area contributed by atoms with E-state index in [1.807, 2.05) is 0 Å². The molecule has 22 heavy (non-hydrogen) atoms. The quantitative estimate of drug-likeness (QED) is 0.591. The van der Waals surface area contributed by atoms with Crippen molar-refractivity contribution in [3.8, 4) is 0 Å². The van der Waals surface area contributed by atoms with Crippen molar-refractivity contribution in [2.75, 3.05) is 11.9 Å². The van der Waals surface area contributed by atoms with E-state index in [0.717, 1.165) is 38.5 Å². The molecule has 1 aromatic carbocycles. The van der Waals surface area contributed by atoms with Crippen molar-refractivity contribution in [1.82, 2.24) is 5.32 Å². The molecule has 0 radical (unpaired) electrons. The average molecular weight is 304 g/mol. The molecule has 1 aliphatic carbocycles. The first-order chi connectivity index (χ1) is 10.5. The maximum Gasteiger partial charge on any atom is 0.319 e. The molecule has 0 bridgehead atoms. The van der Waals surface area contributed by atoms with Crippen LogP contribution < -0.4 is 10.6 Å². The van der Waals surface area contributed by atoms with Gasteiger partial charge in [0.2, 0.25) is 0 Å². The van der Waals surface area contributed by atoms with Crippen LogP contribution in [0.1, 0.15) is 55.8 Å². The fourth-order valence-electron chi connectivity index (χ4n) is 2.77. The van der Waals surface area contributed by atoms with Crippen molar-refractivity contribution in [3.05, 3.63) is 29.8 Å². The number of hydrogen-bond acceptors (Lipinski definition) is 3. The topological polar surface area (TPSA) is 78.4 Å². The van der Waals surface area contributed by atoms with Gasteiger partial charge in [0.1, 0.15) is 0 Å². The van der Waals surface area contributed by atoms with E-state index in [1.165, 1.54) is 6.92 Å². The van der Waals surface area contributed by atoms with Gasteiger partial charge in [0.15, 0.2) is 5.78 Å². The van der Waals surface area contributed by atoms with E-state index in [-0.39, 0.29) is 18.4 Å². The first kappa shape index (κ1) is 16.5. The summed E-state index contributed by atoms with van der Waals surface area (Å²) in [5.74, 6) is -0.00779. The molecule has 1 saturated carbocycles. The lowest BCUT2D eigenvalue weighted by Crippen LogP contribution is -2.44. The Morgan fingerprint density at radius 2 is 1.68 bits per heavy atom. The van der Waals surface area contributed by atoms with Crippen LogP contribution in [-0.4, -0.2) is 29.1 Å². The van der Waals surface area contributed by atoms with Crippen LogP contribution in [0.2, 0.25) is 0 Å². The Bertz CT molecular complexity index is 517. The van der Waals surface area contributed by atoms with Gasteiger partial charge in [0.25, 0.3) is 0 Å². The van der Waals surface area contributed by atoms with Gasteiger partial charge in [-0.3, -0.25) is 4.79 Å². The highest BCUT2D eigenvalue weighted by molar-refractivity contribution is 5.95. The predicted molar refractivity (Wildman–Crippen MR) is 86.1 cm³/mol. The lowest BCUT2D eigenvalue weighted by Gasteiger charge is -2.26. The number of amides is 2. The Morgan fingerprint density at radius 1 is 1.09 bits per heavy atom. The summed E-state index contributed by atoms with van der Waals surface area (Å²) in [7, 11) is 0. The highest BCUT2D eigenvalue weighted by Gasteiger charge is 2.28. The van der Waals surface area contributed by atoms with Crippen LogP contribution >= 0.6 is 0 Å². The molecule has 0 unspecified atom stereocenters. The van der Waals surface area contributed by atoms with Crippen molar-refractivity contribution in [1.29, 1.82) is 0 Å². The lowest BCUT2D eigenvalue weighted by molar-refractivity contribution is 0.0281. The fraction of sp³-hybridized carbons (Fsp3) is 0.529. The lowest BCUT2D eigenvalue weighted by atomic mass is 9.95. The zero-order valence-corrected chi connectivity index (χ0v) is 13.0. The van der Waals surface area contributed by atoms with Crippen LogP contribution in [0.5, 0.6) is 0 Å². The Labute approximate surface area is 131 Å². The predicted octanol–water partition coefficient (Wildman–Crippen LogP) is 3.10. The number of rotatable bonds is 4. The summed E-state index contributed by atoms with van der Waals surface area (Å²) in [4.78, 5) is 23.1. The van der Waals surface area contributed by atoms with E-state index in [9.17, 15) is 14.7 Å². The van der Waals surface area contributed by atoms with Gasteiger partial charge in [-0.1, -0.05) is 25.7 Å². The number of carbonyl (C=O) groups excluding carboxylic acids is 2. The van der Waals surface area contributed by atoms with Gasteiger partial charge in [-0.15, -0.1) is 0 Å². The molecule has 0 heterocycles. The standard InChI is InChI=1S/C17H24N2O3/c1-13(20)14-6-8-15(9-7-14)19-16(21)18-12-17(22)10-4-2-3-5-11-17/h6-9,22H,2-5,10-12H2,1H3,(H2,18,19,21).